The number of aryl methyl sites for hydroxylation is 1. The summed E-state index contributed by atoms with van der Waals surface area (Å²) in [6.45, 7) is 3.51. The van der Waals surface area contributed by atoms with Gasteiger partial charge in [0.2, 0.25) is 5.95 Å². The van der Waals surface area contributed by atoms with Crippen molar-refractivity contribution in [3.63, 3.8) is 0 Å². The highest BCUT2D eigenvalue weighted by molar-refractivity contribution is 5.98. The van der Waals surface area contributed by atoms with Crippen molar-refractivity contribution in [3.05, 3.63) is 54.1 Å². The van der Waals surface area contributed by atoms with Gasteiger partial charge in [-0.15, -0.1) is 0 Å². The summed E-state index contributed by atoms with van der Waals surface area (Å²) in [5.41, 5.74) is 3.38. The molecular weight excluding hydrogens is 396 g/mol. The van der Waals surface area contributed by atoms with Crippen LogP contribution < -0.4 is 4.90 Å². The SMILES string of the molecule is COC(=O)CN(C(=O)N1CCOCC1)c1nc(-c2ccccc2)c2cc(C)ccc2n1. The first-order valence-corrected chi connectivity index (χ1v) is 10.1. The molecule has 0 spiro atoms. The minimum atomic E-state index is -0.546. The molecule has 0 N–H and O–H groups in total. The summed E-state index contributed by atoms with van der Waals surface area (Å²) in [6, 6.07) is 15.3. The van der Waals surface area contributed by atoms with E-state index in [-0.39, 0.29) is 18.5 Å². The van der Waals surface area contributed by atoms with Gasteiger partial charge >= 0.3 is 12.0 Å². The molecular formula is C23H24N4O4. The van der Waals surface area contributed by atoms with Gasteiger partial charge in [0.25, 0.3) is 0 Å². The molecule has 0 radical (unpaired) electrons. The molecule has 8 heteroatoms. The molecule has 31 heavy (non-hydrogen) atoms. The molecule has 1 aliphatic rings. The molecule has 2 aromatic carbocycles. The minimum Gasteiger partial charge on any atom is -0.468 e. The first-order chi connectivity index (χ1) is 15.1. The van der Waals surface area contributed by atoms with Crippen LogP contribution in [0.15, 0.2) is 48.5 Å². The van der Waals surface area contributed by atoms with Gasteiger partial charge in [0, 0.05) is 24.0 Å². The normalized spacial score (nSPS) is 13.8. The number of methoxy groups -OCH3 is 1. The number of amides is 2. The van der Waals surface area contributed by atoms with Crippen LogP contribution in [0.3, 0.4) is 0 Å². The predicted octanol–water partition coefficient (Wildman–Crippen LogP) is 3.04. The van der Waals surface area contributed by atoms with E-state index in [1.165, 1.54) is 12.0 Å². The first kappa shape index (κ1) is 20.7. The smallest absolute Gasteiger partial charge is 0.327 e. The Morgan fingerprint density at radius 1 is 1.10 bits per heavy atom. The number of benzene rings is 2. The molecule has 0 bridgehead atoms. The lowest BCUT2D eigenvalue weighted by Crippen LogP contribution is -2.50. The van der Waals surface area contributed by atoms with Crippen molar-refractivity contribution in [2.45, 2.75) is 6.92 Å². The molecule has 8 nitrogen and oxygen atoms in total. The van der Waals surface area contributed by atoms with E-state index in [2.05, 4.69) is 4.98 Å². The minimum absolute atomic E-state index is 0.164. The molecule has 4 rings (SSSR count). The van der Waals surface area contributed by atoms with Crippen LogP contribution in [0.2, 0.25) is 0 Å². The van der Waals surface area contributed by atoms with Crippen LogP contribution >= 0.6 is 0 Å². The number of hydrogen-bond donors (Lipinski definition) is 0. The average Bonchev–Trinajstić information content (AvgIpc) is 2.82. The number of morpholine rings is 1. The van der Waals surface area contributed by atoms with Crippen LogP contribution in [0.25, 0.3) is 22.2 Å². The second-order valence-corrected chi connectivity index (χ2v) is 7.30. The lowest BCUT2D eigenvalue weighted by molar-refractivity contribution is -0.138. The topological polar surface area (TPSA) is 84.9 Å². The molecule has 160 valence electrons. The van der Waals surface area contributed by atoms with Crippen molar-refractivity contribution in [2.75, 3.05) is 44.9 Å². The van der Waals surface area contributed by atoms with E-state index in [1.807, 2.05) is 55.5 Å². The molecule has 0 atom stereocenters. The maximum absolute atomic E-state index is 13.3. The van der Waals surface area contributed by atoms with Gasteiger partial charge in [-0.3, -0.25) is 9.69 Å². The number of urea groups is 1. The van der Waals surface area contributed by atoms with Gasteiger partial charge in [-0.25, -0.2) is 14.8 Å². The third kappa shape index (κ3) is 4.49. The summed E-state index contributed by atoms with van der Waals surface area (Å²) in [7, 11) is 1.29. The van der Waals surface area contributed by atoms with Gasteiger partial charge in [-0.2, -0.15) is 0 Å². The van der Waals surface area contributed by atoms with Crippen molar-refractivity contribution < 1.29 is 19.1 Å². The van der Waals surface area contributed by atoms with Gasteiger partial charge < -0.3 is 14.4 Å². The number of anilines is 1. The molecule has 1 aliphatic heterocycles. The first-order valence-electron chi connectivity index (χ1n) is 10.1. The van der Waals surface area contributed by atoms with E-state index in [0.29, 0.717) is 37.5 Å². The largest absolute Gasteiger partial charge is 0.468 e. The van der Waals surface area contributed by atoms with Gasteiger partial charge in [-0.1, -0.05) is 42.0 Å². The Labute approximate surface area is 180 Å². The number of nitrogens with zero attached hydrogens (tertiary/aromatic N) is 4. The molecule has 1 fully saturated rings. The Hall–Kier alpha value is -3.52. The van der Waals surface area contributed by atoms with Crippen LogP contribution in [0.5, 0.6) is 0 Å². The van der Waals surface area contributed by atoms with E-state index in [4.69, 9.17) is 14.5 Å². The summed E-state index contributed by atoms with van der Waals surface area (Å²) in [5, 5.41) is 0.881. The van der Waals surface area contributed by atoms with E-state index in [0.717, 1.165) is 16.5 Å². The van der Waals surface area contributed by atoms with Crippen LogP contribution in [0.1, 0.15) is 5.56 Å². The number of carbonyl (C=O) groups excluding carboxylic acids is 2. The van der Waals surface area contributed by atoms with Gasteiger partial charge in [-0.05, 0) is 19.1 Å². The number of ether oxygens (including phenoxy) is 2. The molecule has 0 aliphatic carbocycles. The monoisotopic (exact) mass is 420 g/mol. The van der Waals surface area contributed by atoms with Crippen LogP contribution in [0, 0.1) is 6.92 Å². The third-order valence-electron chi connectivity index (χ3n) is 5.16. The number of aromatic nitrogens is 2. The van der Waals surface area contributed by atoms with Crippen molar-refractivity contribution in [1.82, 2.24) is 14.9 Å². The number of fused-ring (bicyclic) bond motifs is 1. The van der Waals surface area contributed by atoms with E-state index < -0.39 is 5.97 Å². The quantitative estimate of drug-likeness (QED) is 0.603. The standard InChI is InChI=1S/C23H24N4O4/c1-16-8-9-19-18(14-16)21(17-6-4-3-5-7-17)25-22(24-19)27(15-20(28)30-2)23(29)26-10-12-31-13-11-26/h3-9,14H,10-13,15H2,1-2H3. The number of hydrogen-bond acceptors (Lipinski definition) is 6. The molecule has 0 saturated carbocycles. The Balaban J connectivity index is 1.85. The van der Waals surface area contributed by atoms with Gasteiger partial charge in [0.05, 0.1) is 31.5 Å². The lowest BCUT2D eigenvalue weighted by atomic mass is 10.0. The highest BCUT2D eigenvalue weighted by atomic mass is 16.5. The molecule has 1 aromatic heterocycles. The van der Waals surface area contributed by atoms with Crippen molar-refractivity contribution in [1.29, 1.82) is 0 Å². The van der Waals surface area contributed by atoms with E-state index >= 15 is 0 Å². The summed E-state index contributed by atoms with van der Waals surface area (Å²) in [4.78, 5) is 37.7. The molecule has 2 amide bonds. The van der Waals surface area contributed by atoms with Crippen LogP contribution in [-0.2, 0) is 14.3 Å². The zero-order valence-corrected chi connectivity index (χ0v) is 17.6. The number of esters is 1. The van der Waals surface area contributed by atoms with Crippen molar-refractivity contribution >= 4 is 28.9 Å². The Morgan fingerprint density at radius 3 is 2.55 bits per heavy atom. The highest BCUT2D eigenvalue weighted by Crippen LogP contribution is 2.29. The van der Waals surface area contributed by atoms with Crippen LogP contribution in [0.4, 0.5) is 10.7 Å². The third-order valence-corrected chi connectivity index (χ3v) is 5.16. The Morgan fingerprint density at radius 2 is 1.84 bits per heavy atom. The zero-order chi connectivity index (χ0) is 21.8. The van der Waals surface area contributed by atoms with E-state index in [9.17, 15) is 9.59 Å². The average molecular weight is 420 g/mol. The fraction of sp³-hybridized carbons (Fsp3) is 0.304. The summed E-state index contributed by atoms with van der Waals surface area (Å²) in [6.07, 6.45) is 0. The Bertz CT molecular complexity index is 1100. The fourth-order valence-electron chi connectivity index (χ4n) is 3.51. The Kier molecular flexibility index (Phi) is 6.08. The van der Waals surface area contributed by atoms with Crippen molar-refractivity contribution in [2.24, 2.45) is 0 Å². The maximum atomic E-state index is 13.3. The predicted molar refractivity (Wildman–Crippen MR) is 117 cm³/mol. The highest BCUT2D eigenvalue weighted by Gasteiger charge is 2.29. The second-order valence-electron chi connectivity index (χ2n) is 7.30. The van der Waals surface area contributed by atoms with Gasteiger partial charge in [0.15, 0.2) is 0 Å². The van der Waals surface area contributed by atoms with Crippen LogP contribution in [-0.4, -0.2) is 66.8 Å². The molecule has 0 unspecified atom stereocenters. The lowest BCUT2D eigenvalue weighted by Gasteiger charge is -2.31. The zero-order valence-electron chi connectivity index (χ0n) is 17.6. The number of rotatable bonds is 4. The summed E-state index contributed by atoms with van der Waals surface area (Å²) >= 11 is 0. The summed E-state index contributed by atoms with van der Waals surface area (Å²) < 4.78 is 10.2. The second kappa shape index (κ2) is 9.09. The molecule has 1 saturated heterocycles. The summed E-state index contributed by atoms with van der Waals surface area (Å²) in [5.74, 6) is -0.382. The van der Waals surface area contributed by atoms with Gasteiger partial charge in [0.1, 0.15) is 6.54 Å². The van der Waals surface area contributed by atoms with E-state index in [1.54, 1.807) is 4.90 Å². The molecule has 2 heterocycles. The van der Waals surface area contributed by atoms with Crippen molar-refractivity contribution in [3.8, 4) is 11.3 Å². The number of carbonyl (C=O) groups is 2. The maximum Gasteiger partial charge on any atom is 0.327 e. The molecule has 3 aromatic rings. The fourth-order valence-corrected chi connectivity index (χ4v) is 3.51.